The van der Waals surface area contributed by atoms with Crippen LogP contribution in [-0.4, -0.2) is 34.2 Å². The lowest BCUT2D eigenvalue weighted by Crippen LogP contribution is -2.50. The normalized spacial score (nSPS) is 22.7. The summed E-state index contributed by atoms with van der Waals surface area (Å²) < 4.78 is 42.3. The van der Waals surface area contributed by atoms with E-state index in [0.29, 0.717) is 30.8 Å². The number of hydrogen-bond acceptors (Lipinski definition) is 4. The van der Waals surface area contributed by atoms with Crippen LogP contribution >= 0.6 is 0 Å². The van der Waals surface area contributed by atoms with E-state index in [1.165, 1.54) is 4.90 Å². The van der Waals surface area contributed by atoms with Gasteiger partial charge in [-0.2, -0.15) is 0 Å². The van der Waals surface area contributed by atoms with Gasteiger partial charge in [0.15, 0.2) is 17.5 Å². The molecule has 1 spiro atoms. The topological polar surface area (TPSA) is 91.4 Å². The van der Waals surface area contributed by atoms with Gasteiger partial charge >= 0.3 is 0 Å². The summed E-state index contributed by atoms with van der Waals surface area (Å²) >= 11 is 0. The van der Waals surface area contributed by atoms with Gasteiger partial charge in [0.1, 0.15) is 12.4 Å². The van der Waals surface area contributed by atoms with Crippen molar-refractivity contribution in [1.29, 1.82) is 0 Å². The summed E-state index contributed by atoms with van der Waals surface area (Å²) in [6, 6.07) is 10.2. The number of nitrogens with zero attached hydrogens (tertiary/aromatic N) is 2. The number of benzene rings is 2. The van der Waals surface area contributed by atoms with Crippen LogP contribution in [0, 0.1) is 22.9 Å². The van der Waals surface area contributed by atoms with Crippen LogP contribution in [0.5, 0.6) is 0 Å². The molecule has 2 aromatic carbocycles. The average Bonchev–Trinajstić information content (AvgIpc) is 3.43. The number of piperidine rings is 1. The number of rotatable bonds is 4. The zero-order valence-electron chi connectivity index (χ0n) is 22.0. The predicted molar refractivity (Wildman–Crippen MR) is 141 cm³/mol. The molecule has 2 atom stereocenters. The zero-order valence-corrected chi connectivity index (χ0v) is 22.0. The Labute approximate surface area is 228 Å². The minimum atomic E-state index is -1.61. The molecule has 0 bridgehead atoms. The highest BCUT2D eigenvalue weighted by atomic mass is 19.2. The molecule has 2 N–H and O–H groups in total. The SMILES string of the molecule is CC1(C)CCC(c2ccc(F)c(F)c2F)N(CC(=O)Nc2ccc3c(c2)CC2(C3)C(=O)Nc3ncccc32)C1=O. The Morgan fingerprint density at radius 2 is 1.85 bits per heavy atom. The number of fused-ring (bicyclic) bond motifs is 3. The smallest absolute Gasteiger partial charge is 0.244 e. The highest BCUT2D eigenvalue weighted by Crippen LogP contribution is 2.47. The number of carbonyl (C=O) groups is 3. The maximum Gasteiger partial charge on any atom is 0.244 e. The first-order chi connectivity index (χ1) is 19.0. The molecule has 3 aromatic rings. The highest BCUT2D eigenvalue weighted by Gasteiger charge is 2.51. The lowest BCUT2D eigenvalue weighted by molar-refractivity contribution is -0.150. The summed E-state index contributed by atoms with van der Waals surface area (Å²) in [6.45, 7) is 3.08. The standard InChI is InChI=1S/C30H27F3N4O3/c1-29(2)10-9-22(19-7-8-21(31)25(33)24(19)32)37(28(29)40)15-23(38)35-18-6-5-16-13-30(14-17(16)12-18)20-4-3-11-34-26(20)36-27(30)39/h3-8,11-12,22H,9-10,13-15H2,1-2H3,(H,35,38)(H,34,36,39). The fraction of sp³-hybridized carbons (Fsp3) is 0.333. The monoisotopic (exact) mass is 548 g/mol. The molecular formula is C30H27F3N4O3. The van der Waals surface area contributed by atoms with E-state index in [0.717, 1.165) is 28.8 Å². The fourth-order valence-corrected chi connectivity index (χ4v) is 6.29. The van der Waals surface area contributed by atoms with Gasteiger partial charge in [0.25, 0.3) is 0 Å². The molecule has 10 heteroatoms. The largest absolute Gasteiger partial charge is 0.326 e. The molecule has 3 aliphatic rings. The molecule has 1 aromatic heterocycles. The van der Waals surface area contributed by atoms with Gasteiger partial charge in [-0.05, 0) is 61.1 Å². The van der Waals surface area contributed by atoms with Crippen molar-refractivity contribution < 1.29 is 27.6 Å². The molecule has 40 heavy (non-hydrogen) atoms. The number of pyridine rings is 1. The average molecular weight is 549 g/mol. The van der Waals surface area contributed by atoms with Crippen molar-refractivity contribution in [2.45, 2.75) is 51.0 Å². The number of hydrogen-bond donors (Lipinski definition) is 2. The number of amides is 3. The summed E-state index contributed by atoms with van der Waals surface area (Å²) in [6.07, 6.45) is 3.28. The van der Waals surface area contributed by atoms with Crippen LogP contribution in [0.1, 0.15) is 55.0 Å². The number of nitrogens with one attached hydrogen (secondary N) is 2. The molecule has 1 saturated heterocycles. The molecule has 2 aliphatic heterocycles. The summed E-state index contributed by atoms with van der Waals surface area (Å²) in [4.78, 5) is 45.0. The summed E-state index contributed by atoms with van der Waals surface area (Å²) in [5.74, 6) is -4.72. The molecule has 6 rings (SSSR count). The Bertz CT molecular complexity index is 1590. The second kappa shape index (κ2) is 9.18. The molecule has 0 saturated carbocycles. The molecular weight excluding hydrogens is 521 g/mol. The van der Waals surface area contributed by atoms with Crippen molar-refractivity contribution in [3.05, 3.63) is 88.4 Å². The number of halogens is 3. The van der Waals surface area contributed by atoms with E-state index in [2.05, 4.69) is 15.6 Å². The van der Waals surface area contributed by atoms with E-state index in [4.69, 9.17) is 0 Å². The predicted octanol–water partition coefficient (Wildman–Crippen LogP) is 4.82. The molecule has 0 radical (unpaired) electrons. The second-order valence-corrected chi connectivity index (χ2v) is 11.5. The third-order valence-electron chi connectivity index (χ3n) is 8.46. The third-order valence-corrected chi connectivity index (χ3v) is 8.46. The maximum absolute atomic E-state index is 14.7. The van der Waals surface area contributed by atoms with Crippen molar-refractivity contribution in [1.82, 2.24) is 9.88 Å². The summed E-state index contributed by atoms with van der Waals surface area (Å²) in [7, 11) is 0. The van der Waals surface area contributed by atoms with Crippen molar-refractivity contribution in [2.24, 2.45) is 5.41 Å². The number of carbonyl (C=O) groups excluding carboxylic acids is 3. The molecule has 206 valence electrons. The minimum Gasteiger partial charge on any atom is -0.326 e. The van der Waals surface area contributed by atoms with Crippen LogP contribution in [0.4, 0.5) is 24.7 Å². The molecule has 1 fully saturated rings. The Morgan fingerprint density at radius 1 is 1.07 bits per heavy atom. The summed E-state index contributed by atoms with van der Waals surface area (Å²) in [5, 5.41) is 5.68. The van der Waals surface area contributed by atoms with Crippen LogP contribution in [0.2, 0.25) is 0 Å². The number of aromatic nitrogens is 1. The molecule has 7 nitrogen and oxygen atoms in total. The van der Waals surface area contributed by atoms with E-state index in [1.54, 1.807) is 32.2 Å². The molecule has 3 amide bonds. The Kier molecular flexibility index (Phi) is 5.97. The van der Waals surface area contributed by atoms with Gasteiger partial charge in [-0.1, -0.05) is 32.0 Å². The van der Waals surface area contributed by atoms with Crippen LogP contribution in [0.3, 0.4) is 0 Å². The third kappa shape index (κ3) is 4.04. The van der Waals surface area contributed by atoms with E-state index in [1.807, 2.05) is 18.2 Å². The minimum absolute atomic E-state index is 0.107. The first-order valence-corrected chi connectivity index (χ1v) is 13.1. The summed E-state index contributed by atoms with van der Waals surface area (Å²) in [5.41, 5.74) is 1.53. The quantitative estimate of drug-likeness (QED) is 0.458. The lowest BCUT2D eigenvalue weighted by atomic mass is 9.78. The molecule has 2 unspecified atom stereocenters. The molecule has 3 heterocycles. The van der Waals surface area contributed by atoms with Gasteiger partial charge in [0.05, 0.1) is 11.5 Å². The maximum atomic E-state index is 14.7. The van der Waals surface area contributed by atoms with Crippen LogP contribution < -0.4 is 10.6 Å². The van der Waals surface area contributed by atoms with E-state index >= 15 is 0 Å². The molecule has 1 aliphatic carbocycles. The Balaban J connectivity index is 1.23. The van der Waals surface area contributed by atoms with Crippen LogP contribution in [0.15, 0.2) is 48.7 Å². The number of likely N-dealkylation sites (tertiary alicyclic amines) is 1. The lowest BCUT2D eigenvalue weighted by Gasteiger charge is -2.43. The Hall–Kier alpha value is -4.21. The highest BCUT2D eigenvalue weighted by molar-refractivity contribution is 6.06. The van der Waals surface area contributed by atoms with Crippen molar-refractivity contribution in [3.8, 4) is 0 Å². The van der Waals surface area contributed by atoms with Gasteiger partial charge in [0.2, 0.25) is 17.7 Å². The first-order valence-electron chi connectivity index (χ1n) is 13.1. The van der Waals surface area contributed by atoms with E-state index in [-0.39, 0.29) is 23.8 Å². The van der Waals surface area contributed by atoms with Gasteiger partial charge in [-0.3, -0.25) is 14.4 Å². The second-order valence-electron chi connectivity index (χ2n) is 11.5. The van der Waals surface area contributed by atoms with Gasteiger partial charge in [-0.15, -0.1) is 0 Å². The zero-order chi connectivity index (χ0) is 28.4. The van der Waals surface area contributed by atoms with Crippen LogP contribution in [-0.2, 0) is 32.6 Å². The van der Waals surface area contributed by atoms with Gasteiger partial charge < -0.3 is 15.5 Å². The van der Waals surface area contributed by atoms with Gasteiger partial charge in [0, 0.05) is 28.4 Å². The Morgan fingerprint density at radius 3 is 2.65 bits per heavy atom. The van der Waals surface area contributed by atoms with Crippen LogP contribution in [0.25, 0.3) is 0 Å². The fourth-order valence-electron chi connectivity index (χ4n) is 6.29. The first kappa shape index (κ1) is 26.0. The van der Waals surface area contributed by atoms with E-state index in [9.17, 15) is 27.6 Å². The van der Waals surface area contributed by atoms with Crippen molar-refractivity contribution >= 4 is 29.2 Å². The van der Waals surface area contributed by atoms with E-state index < -0.39 is 46.8 Å². The number of anilines is 2. The van der Waals surface area contributed by atoms with Crippen molar-refractivity contribution in [2.75, 3.05) is 17.2 Å². The van der Waals surface area contributed by atoms with Crippen molar-refractivity contribution in [3.63, 3.8) is 0 Å². The van der Waals surface area contributed by atoms with Gasteiger partial charge in [-0.25, -0.2) is 18.2 Å².